The smallest absolute Gasteiger partial charge is 0.213 e. The minimum absolute atomic E-state index is 0.00978. The molecule has 0 aliphatic heterocycles. The van der Waals surface area contributed by atoms with Gasteiger partial charge in [0.25, 0.3) is 0 Å². The van der Waals surface area contributed by atoms with E-state index < -0.39 is 10.0 Å². The zero-order valence-corrected chi connectivity index (χ0v) is 9.62. The first kappa shape index (κ1) is 14.1. The summed E-state index contributed by atoms with van der Waals surface area (Å²) in [5, 5.41) is 11.1. The average Bonchev–Trinajstić information content (AvgIpc) is 2.22. The Morgan fingerprint density at radius 3 is 2.73 bits per heavy atom. The fourth-order valence-electron chi connectivity index (χ4n) is 0.720. The average molecular weight is 239 g/mol. The first-order valence-electron chi connectivity index (χ1n) is 4.36. The second-order valence-electron chi connectivity index (χ2n) is 3.09. The van der Waals surface area contributed by atoms with Gasteiger partial charge in [0.15, 0.2) is 0 Å². The highest BCUT2D eigenvalue weighted by Gasteiger charge is 2.13. The van der Waals surface area contributed by atoms with E-state index in [1.165, 1.54) is 7.11 Å². The molecule has 8 heteroatoms. The van der Waals surface area contributed by atoms with Gasteiger partial charge >= 0.3 is 0 Å². The van der Waals surface area contributed by atoms with Crippen LogP contribution in [0.2, 0.25) is 0 Å². The topological polar surface area (TPSA) is 114 Å². The van der Waals surface area contributed by atoms with Crippen LogP contribution in [0.25, 0.3) is 0 Å². The Hall–Kier alpha value is -0.860. The maximum absolute atomic E-state index is 11.3. The van der Waals surface area contributed by atoms with Crippen LogP contribution in [0.3, 0.4) is 0 Å². The van der Waals surface area contributed by atoms with Crippen LogP contribution in [0.4, 0.5) is 0 Å². The van der Waals surface area contributed by atoms with Gasteiger partial charge in [-0.3, -0.25) is 0 Å². The molecule has 0 aromatic carbocycles. The second-order valence-corrected chi connectivity index (χ2v) is 5.01. The summed E-state index contributed by atoms with van der Waals surface area (Å²) < 4.78 is 29.5. The van der Waals surface area contributed by atoms with Crippen LogP contribution < -0.4 is 10.5 Å². The number of amidine groups is 1. The number of hydrogen-bond donors (Lipinski definition) is 3. The molecule has 4 N–H and O–H groups in total. The van der Waals surface area contributed by atoms with E-state index in [2.05, 4.69) is 14.6 Å². The van der Waals surface area contributed by atoms with Crippen molar-refractivity contribution in [3.8, 4) is 0 Å². The monoisotopic (exact) mass is 239 g/mol. The zero-order chi connectivity index (χ0) is 11.9. The number of ether oxygens (including phenoxy) is 1. The lowest BCUT2D eigenvalue weighted by Gasteiger charge is -2.11. The molecule has 7 nitrogen and oxygen atoms in total. The molecule has 0 radical (unpaired) electrons. The molecule has 0 aromatic rings. The van der Waals surface area contributed by atoms with Crippen LogP contribution in [0.5, 0.6) is 0 Å². The Kier molecular flexibility index (Phi) is 6.21. The van der Waals surface area contributed by atoms with Gasteiger partial charge in [-0.1, -0.05) is 12.1 Å². The number of nitrogens with two attached hydrogens (primary N) is 1. The van der Waals surface area contributed by atoms with Crippen LogP contribution in [0, 0.1) is 5.92 Å². The second kappa shape index (κ2) is 6.59. The molecule has 1 atom stereocenters. The van der Waals surface area contributed by atoms with Crippen LogP contribution in [0.15, 0.2) is 5.16 Å². The highest BCUT2D eigenvalue weighted by Crippen LogP contribution is 1.94. The first-order chi connectivity index (χ1) is 6.93. The fourth-order valence-corrected chi connectivity index (χ4v) is 1.75. The van der Waals surface area contributed by atoms with Crippen molar-refractivity contribution in [1.82, 2.24) is 4.72 Å². The van der Waals surface area contributed by atoms with Crippen molar-refractivity contribution >= 4 is 15.9 Å². The van der Waals surface area contributed by atoms with E-state index >= 15 is 0 Å². The third kappa shape index (κ3) is 6.26. The molecule has 0 saturated heterocycles. The van der Waals surface area contributed by atoms with Gasteiger partial charge in [-0.2, -0.15) is 0 Å². The lowest BCUT2D eigenvalue weighted by atomic mass is 10.2. The predicted octanol–water partition coefficient (Wildman–Crippen LogP) is -1.07. The molecule has 15 heavy (non-hydrogen) atoms. The first-order valence-corrected chi connectivity index (χ1v) is 6.02. The van der Waals surface area contributed by atoms with E-state index in [1.807, 2.05) is 0 Å². The molecule has 0 aliphatic carbocycles. The van der Waals surface area contributed by atoms with Crippen molar-refractivity contribution in [1.29, 1.82) is 0 Å². The number of sulfonamides is 1. The highest BCUT2D eigenvalue weighted by atomic mass is 32.2. The number of rotatable bonds is 7. The molecule has 0 saturated carbocycles. The van der Waals surface area contributed by atoms with Gasteiger partial charge in [-0.05, 0) is 0 Å². The van der Waals surface area contributed by atoms with Crippen molar-refractivity contribution in [2.75, 3.05) is 26.0 Å². The van der Waals surface area contributed by atoms with Gasteiger partial charge in [-0.25, -0.2) is 13.1 Å². The van der Waals surface area contributed by atoms with Crippen molar-refractivity contribution < 1.29 is 18.4 Å². The molecule has 90 valence electrons. The summed E-state index contributed by atoms with van der Waals surface area (Å²) >= 11 is 0. The molecular weight excluding hydrogens is 222 g/mol. The summed E-state index contributed by atoms with van der Waals surface area (Å²) in [5.74, 6) is -0.469. The molecule has 0 fully saturated rings. The lowest BCUT2D eigenvalue weighted by Crippen LogP contribution is -2.36. The summed E-state index contributed by atoms with van der Waals surface area (Å²) in [6, 6.07) is 0. The van der Waals surface area contributed by atoms with Crippen molar-refractivity contribution in [2.24, 2.45) is 16.8 Å². The number of nitrogens with zero attached hydrogens (tertiary/aromatic N) is 1. The fraction of sp³-hybridized carbons (Fsp3) is 0.857. The van der Waals surface area contributed by atoms with Gasteiger partial charge in [0.05, 0.1) is 12.4 Å². The number of hydrogen-bond acceptors (Lipinski definition) is 5. The number of methoxy groups -OCH3 is 1. The Labute approximate surface area is 89.3 Å². The van der Waals surface area contributed by atoms with Crippen molar-refractivity contribution in [3.63, 3.8) is 0 Å². The zero-order valence-electron chi connectivity index (χ0n) is 8.80. The largest absolute Gasteiger partial charge is 0.409 e. The molecular formula is C7H17N3O4S. The van der Waals surface area contributed by atoms with Gasteiger partial charge in [-0.15, -0.1) is 0 Å². The summed E-state index contributed by atoms with van der Waals surface area (Å²) in [4.78, 5) is 0. The van der Waals surface area contributed by atoms with Crippen LogP contribution >= 0.6 is 0 Å². The van der Waals surface area contributed by atoms with E-state index in [9.17, 15) is 8.42 Å². The molecule has 0 amide bonds. The van der Waals surface area contributed by atoms with Gasteiger partial charge in [0.1, 0.15) is 5.84 Å². The van der Waals surface area contributed by atoms with E-state index in [0.29, 0.717) is 0 Å². The standard InChI is InChI=1S/C7H17N3O4S/c1-6(7(8)10-11)5-9-15(12,13)4-3-14-2/h6,9,11H,3-5H2,1-2H3,(H2,8,10). The number of nitrogens with one attached hydrogen (secondary N) is 1. The third-order valence-electron chi connectivity index (χ3n) is 1.79. The Balaban J connectivity index is 4.04. The van der Waals surface area contributed by atoms with Gasteiger partial charge < -0.3 is 15.7 Å². The maximum Gasteiger partial charge on any atom is 0.213 e. The quantitative estimate of drug-likeness (QED) is 0.227. The van der Waals surface area contributed by atoms with Crippen molar-refractivity contribution in [3.05, 3.63) is 0 Å². The van der Waals surface area contributed by atoms with E-state index in [4.69, 9.17) is 10.9 Å². The predicted molar refractivity (Wildman–Crippen MR) is 56.2 cm³/mol. The van der Waals surface area contributed by atoms with Crippen LogP contribution in [0.1, 0.15) is 6.92 Å². The minimum Gasteiger partial charge on any atom is -0.409 e. The third-order valence-corrected chi connectivity index (χ3v) is 3.10. The van der Waals surface area contributed by atoms with E-state index in [-0.39, 0.29) is 30.7 Å². The van der Waals surface area contributed by atoms with Gasteiger partial charge in [0, 0.05) is 19.6 Å². The SMILES string of the molecule is COCCS(=O)(=O)NCC(C)C(N)=NO. The molecule has 0 spiro atoms. The Morgan fingerprint density at radius 2 is 2.27 bits per heavy atom. The molecule has 0 aliphatic rings. The molecule has 0 bridgehead atoms. The maximum atomic E-state index is 11.3. The molecule has 0 aromatic heterocycles. The highest BCUT2D eigenvalue weighted by molar-refractivity contribution is 7.89. The van der Waals surface area contributed by atoms with E-state index in [1.54, 1.807) is 6.92 Å². The molecule has 1 unspecified atom stereocenters. The summed E-state index contributed by atoms with van der Waals surface area (Å²) in [6.45, 7) is 1.88. The summed E-state index contributed by atoms with van der Waals surface area (Å²) in [7, 11) is -1.92. The lowest BCUT2D eigenvalue weighted by molar-refractivity contribution is 0.217. The van der Waals surface area contributed by atoms with Gasteiger partial charge in [0.2, 0.25) is 10.0 Å². The summed E-state index contributed by atoms with van der Waals surface area (Å²) in [6.07, 6.45) is 0. The Morgan fingerprint density at radius 1 is 1.67 bits per heavy atom. The molecule has 0 heterocycles. The Bertz CT molecular complexity index is 301. The summed E-state index contributed by atoms with van der Waals surface area (Å²) in [5.41, 5.74) is 5.29. The van der Waals surface area contributed by atoms with Crippen LogP contribution in [-0.4, -0.2) is 45.5 Å². The van der Waals surface area contributed by atoms with Crippen LogP contribution in [-0.2, 0) is 14.8 Å². The van der Waals surface area contributed by atoms with Crippen molar-refractivity contribution in [2.45, 2.75) is 6.92 Å². The molecule has 0 rings (SSSR count). The van der Waals surface area contributed by atoms with E-state index in [0.717, 1.165) is 0 Å². The minimum atomic E-state index is -3.35. The normalized spacial score (nSPS) is 15.2. The number of oxime groups is 1.